The predicted octanol–water partition coefficient (Wildman–Crippen LogP) is 3.84. The lowest BCUT2D eigenvalue weighted by atomic mass is 9.98. The normalized spacial score (nSPS) is 16.9. The summed E-state index contributed by atoms with van der Waals surface area (Å²) < 4.78 is 21.9. The van der Waals surface area contributed by atoms with Crippen molar-refractivity contribution in [1.29, 1.82) is 0 Å². The van der Waals surface area contributed by atoms with Gasteiger partial charge in [-0.2, -0.15) is 0 Å². The van der Waals surface area contributed by atoms with Gasteiger partial charge in [0.15, 0.2) is 11.5 Å². The standard InChI is InChI=1S/C28H29ClN4O7/c1-37-21-9-14-8-17(30-23(14)26(39-3)25(21)38-2)28(36)33-13-15(12-29)22-16-10-18(27(35)32-4-6-40-7-5-32)31-24(16)20(34)11-19(22)33/h8-11,15,30-31,34H,4-7,12-13H2,1-3H3/t15-/m1/s1. The Hall–Kier alpha value is -4.09. The van der Waals surface area contributed by atoms with Crippen LogP contribution >= 0.6 is 11.6 Å². The van der Waals surface area contributed by atoms with Crippen molar-refractivity contribution in [3.63, 3.8) is 0 Å². The number of alkyl halides is 1. The number of rotatable bonds is 6. The molecule has 12 heteroatoms. The van der Waals surface area contributed by atoms with Crippen LogP contribution in [0.15, 0.2) is 24.3 Å². The first-order valence-electron chi connectivity index (χ1n) is 12.8. The summed E-state index contributed by atoms with van der Waals surface area (Å²) >= 11 is 6.40. The van der Waals surface area contributed by atoms with Crippen molar-refractivity contribution in [3.8, 4) is 23.0 Å². The van der Waals surface area contributed by atoms with Gasteiger partial charge in [-0.25, -0.2) is 0 Å². The van der Waals surface area contributed by atoms with Crippen molar-refractivity contribution in [3.05, 3.63) is 41.2 Å². The quantitative estimate of drug-likeness (QED) is 0.301. The van der Waals surface area contributed by atoms with E-state index in [0.717, 1.165) is 5.56 Å². The second-order valence-corrected chi connectivity index (χ2v) is 10.1. The average Bonchev–Trinajstić information content (AvgIpc) is 3.71. The summed E-state index contributed by atoms with van der Waals surface area (Å²) in [6.07, 6.45) is 0. The lowest BCUT2D eigenvalue weighted by molar-refractivity contribution is 0.0299. The van der Waals surface area contributed by atoms with E-state index < -0.39 is 0 Å². The van der Waals surface area contributed by atoms with Gasteiger partial charge in [0.25, 0.3) is 11.8 Å². The molecule has 0 aliphatic carbocycles. The van der Waals surface area contributed by atoms with Gasteiger partial charge in [0, 0.05) is 48.3 Å². The summed E-state index contributed by atoms with van der Waals surface area (Å²) in [5.74, 6) is 0.822. The second kappa shape index (κ2) is 10.1. The van der Waals surface area contributed by atoms with Crippen LogP contribution in [0.1, 0.15) is 32.5 Å². The van der Waals surface area contributed by atoms with Gasteiger partial charge in [-0.3, -0.25) is 9.59 Å². The van der Waals surface area contributed by atoms with Gasteiger partial charge < -0.3 is 43.8 Å². The number of H-pyrrole nitrogens is 2. The fourth-order valence-electron chi connectivity index (χ4n) is 5.72. The molecule has 210 valence electrons. The van der Waals surface area contributed by atoms with Crippen LogP contribution < -0.4 is 19.1 Å². The second-order valence-electron chi connectivity index (χ2n) is 9.76. The topological polar surface area (TPSA) is 129 Å². The molecule has 0 spiro atoms. The average molecular weight is 569 g/mol. The number of hydrogen-bond donors (Lipinski definition) is 3. The Morgan fingerprint density at radius 2 is 1.68 bits per heavy atom. The highest BCUT2D eigenvalue weighted by molar-refractivity contribution is 6.19. The Morgan fingerprint density at radius 1 is 0.975 bits per heavy atom. The zero-order chi connectivity index (χ0) is 28.1. The van der Waals surface area contributed by atoms with Gasteiger partial charge in [0.05, 0.1) is 51.3 Å². The van der Waals surface area contributed by atoms with Crippen LogP contribution in [0.25, 0.3) is 21.8 Å². The SMILES string of the molecule is COc1cc2cc(C(=O)N3C[C@@H](CCl)c4c3cc(O)c3[nH]c(C(=O)N5CCOCC5)cc43)[nH]c2c(OC)c1OC. The molecule has 2 aliphatic rings. The third kappa shape index (κ3) is 3.99. The summed E-state index contributed by atoms with van der Waals surface area (Å²) in [6, 6.07) is 6.79. The zero-order valence-electron chi connectivity index (χ0n) is 22.3. The number of methoxy groups -OCH3 is 3. The molecule has 1 fully saturated rings. The number of carbonyl (C=O) groups excluding carboxylic acids is 2. The molecule has 4 aromatic rings. The van der Waals surface area contributed by atoms with Crippen molar-refractivity contribution in [2.45, 2.75) is 5.92 Å². The van der Waals surface area contributed by atoms with Crippen LogP contribution in [0, 0.1) is 0 Å². The zero-order valence-corrected chi connectivity index (χ0v) is 23.1. The van der Waals surface area contributed by atoms with Crippen LogP contribution in [0.4, 0.5) is 5.69 Å². The minimum Gasteiger partial charge on any atom is -0.506 e. The Balaban J connectivity index is 1.42. The molecule has 0 saturated carbocycles. The number of fused-ring (bicyclic) bond motifs is 4. The molecule has 0 radical (unpaired) electrons. The molecule has 6 rings (SSSR count). The number of aromatic nitrogens is 2. The van der Waals surface area contributed by atoms with E-state index in [1.165, 1.54) is 21.3 Å². The van der Waals surface area contributed by atoms with E-state index in [4.69, 9.17) is 30.5 Å². The maximum Gasteiger partial charge on any atom is 0.274 e. The van der Waals surface area contributed by atoms with Gasteiger partial charge in [0.2, 0.25) is 5.75 Å². The minimum atomic E-state index is -0.302. The molecule has 2 aromatic carbocycles. The summed E-state index contributed by atoms with van der Waals surface area (Å²) in [5, 5.41) is 12.3. The number of carbonyl (C=O) groups is 2. The molecule has 1 saturated heterocycles. The van der Waals surface area contributed by atoms with E-state index in [0.29, 0.717) is 89.0 Å². The molecular weight excluding hydrogens is 540 g/mol. The third-order valence-corrected chi connectivity index (χ3v) is 8.00. The van der Waals surface area contributed by atoms with Crippen LogP contribution in [0.3, 0.4) is 0 Å². The number of nitrogens with one attached hydrogen (secondary N) is 2. The predicted molar refractivity (Wildman–Crippen MR) is 150 cm³/mol. The number of morpholine rings is 1. The van der Waals surface area contributed by atoms with Crippen molar-refractivity contribution in [1.82, 2.24) is 14.9 Å². The molecular formula is C28H29ClN4O7. The highest BCUT2D eigenvalue weighted by Gasteiger charge is 2.37. The van der Waals surface area contributed by atoms with Crippen LogP contribution in [0.2, 0.25) is 0 Å². The lowest BCUT2D eigenvalue weighted by Crippen LogP contribution is -2.40. The number of ether oxygens (including phenoxy) is 4. The molecule has 11 nitrogen and oxygen atoms in total. The number of phenols is 1. The summed E-state index contributed by atoms with van der Waals surface area (Å²) in [7, 11) is 4.57. The number of nitrogens with zero attached hydrogens (tertiary/aromatic N) is 2. The number of amides is 2. The van der Waals surface area contributed by atoms with Gasteiger partial charge in [0.1, 0.15) is 17.1 Å². The Bertz CT molecular complexity index is 1640. The van der Waals surface area contributed by atoms with E-state index in [1.807, 2.05) is 0 Å². The van der Waals surface area contributed by atoms with E-state index in [9.17, 15) is 14.7 Å². The first-order valence-corrected chi connectivity index (χ1v) is 13.4. The number of anilines is 1. The molecule has 4 heterocycles. The summed E-state index contributed by atoms with van der Waals surface area (Å²) in [6.45, 7) is 2.28. The number of hydrogen-bond acceptors (Lipinski definition) is 7. The molecule has 0 bridgehead atoms. The fourth-order valence-corrected chi connectivity index (χ4v) is 5.98. The Labute approximate surface area is 234 Å². The number of phenolic OH excluding ortho intramolecular Hbond substituents is 1. The first-order chi connectivity index (χ1) is 19.4. The maximum absolute atomic E-state index is 13.9. The minimum absolute atomic E-state index is 0.0596. The monoisotopic (exact) mass is 568 g/mol. The molecule has 2 amide bonds. The third-order valence-electron chi connectivity index (χ3n) is 7.63. The summed E-state index contributed by atoms with van der Waals surface area (Å²) in [5.41, 5.74) is 3.07. The van der Waals surface area contributed by atoms with Crippen molar-refractivity contribution >= 4 is 50.9 Å². The summed E-state index contributed by atoms with van der Waals surface area (Å²) in [4.78, 5) is 36.6. The highest BCUT2D eigenvalue weighted by Crippen LogP contribution is 2.47. The number of aromatic amines is 2. The maximum atomic E-state index is 13.9. The van der Waals surface area contributed by atoms with E-state index >= 15 is 0 Å². The van der Waals surface area contributed by atoms with Crippen LogP contribution in [-0.2, 0) is 4.74 Å². The smallest absolute Gasteiger partial charge is 0.274 e. The number of aromatic hydroxyl groups is 1. The van der Waals surface area contributed by atoms with Crippen molar-refractivity contribution in [2.24, 2.45) is 0 Å². The van der Waals surface area contributed by atoms with Crippen LogP contribution in [0.5, 0.6) is 23.0 Å². The largest absolute Gasteiger partial charge is 0.506 e. The van der Waals surface area contributed by atoms with Gasteiger partial charge >= 0.3 is 0 Å². The number of benzene rings is 2. The first kappa shape index (κ1) is 26.1. The molecule has 3 N–H and O–H groups in total. The van der Waals surface area contributed by atoms with E-state index in [2.05, 4.69) is 9.97 Å². The highest BCUT2D eigenvalue weighted by atomic mass is 35.5. The lowest BCUT2D eigenvalue weighted by Gasteiger charge is -2.26. The van der Waals surface area contributed by atoms with E-state index in [1.54, 1.807) is 34.1 Å². The fraction of sp³-hybridized carbons (Fsp3) is 0.357. The molecule has 40 heavy (non-hydrogen) atoms. The molecule has 1 atom stereocenters. The molecule has 2 aromatic heterocycles. The Morgan fingerprint density at radius 3 is 2.35 bits per heavy atom. The molecule has 2 aliphatic heterocycles. The Kier molecular flexibility index (Phi) is 6.63. The van der Waals surface area contributed by atoms with Crippen LogP contribution in [-0.4, -0.2) is 91.8 Å². The number of halogens is 1. The van der Waals surface area contributed by atoms with Crippen molar-refractivity contribution in [2.75, 3.05) is 65.0 Å². The molecule has 0 unspecified atom stereocenters. The van der Waals surface area contributed by atoms with Gasteiger partial charge in [-0.05, 0) is 23.8 Å². The van der Waals surface area contributed by atoms with E-state index in [-0.39, 0.29) is 29.4 Å². The van der Waals surface area contributed by atoms with Crippen molar-refractivity contribution < 1.29 is 33.6 Å². The van der Waals surface area contributed by atoms with Gasteiger partial charge in [-0.15, -0.1) is 11.6 Å². The van der Waals surface area contributed by atoms with Gasteiger partial charge in [-0.1, -0.05) is 0 Å².